The van der Waals surface area contributed by atoms with Gasteiger partial charge in [0.2, 0.25) is 0 Å². The first-order valence-corrected chi connectivity index (χ1v) is 5.58. The van der Waals surface area contributed by atoms with Crippen molar-refractivity contribution in [2.45, 2.75) is 6.42 Å². The number of nitrogens with one attached hydrogen (secondary N) is 1. The largest absolute Gasteiger partial charge is 0.469 e. The number of H-pyrrole nitrogens is 1. The van der Waals surface area contributed by atoms with Crippen molar-refractivity contribution in [3.05, 3.63) is 26.4 Å². The third-order valence-electron chi connectivity index (χ3n) is 2.69. The standard InChI is InChI=1S/C11H12N4O5/c1-15-10(18)7-8(14-11(15)20-3)13-9(17)5(12-7)4-6(16)19-2/h4H2,1-3H3,(H,13,17). The predicted octanol–water partition coefficient (Wildman–Crippen LogP) is -1.26. The van der Waals surface area contributed by atoms with Gasteiger partial charge in [0.25, 0.3) is 11.1 Å². The van der Waals surface area contributed by atoms with E-state index in [1.165, 1.54) is 21.3 Å². The van der Waals surface area contributed by atoms with Crippen molar-refractivity contribution in [1.82, 2.24) is 19.5 Å². The monoisotopic (exact) mass is 280 g/mol. The summed E-state index contributed by atoms with van der Waals surface area (Å²) < 4.78 is 10.5. The van der Waals surface area contributed by atoms with Crippen LogP contribution in [0.25, 0.3) is 11.2 Å². The fourth-order valence-corrected chi connectivity index (χ4v) is 1.64. The van der Waals surface area contributed by atoms with Crippen LogP contribution in [0.5, 0.6) is 6.01 Å². The van der Waals surface area contributed by atoms with Crippen molar-refractivity contribution in [2.24, 2.45) is 7.05 Å². The molecule has 2 heterocycles. The summed E-state index contributed by atoms with van der Waals surface area (Å²) in [5.41, 5.74) is -1.25. The lowest BCUT2D eigenvalue weighted by atomic mass is 10.3. The summed E-state index contributed by atoms with van der Waals surface area (Å²) in [7, 11) is 4.01. The summed E-state index contributed by atoms with van der Waals surface area (Å²) in [4.78, 5) is 45.3. The van der Waals surface area contributed by atoms with Gasteiger partial charge in [-0.1, -0.05) is 0 Å². The van der Waals surface area contributed by atoms with Crippen molar-refractivity contribution in [3.63, 3.8) is 0 Å². The molecule has 0 amide bonds. The van der Waals surface area contributed by atoms with Crippen LogP contribution in [-0.4, -0.2) is 39.7 Å². The predicted molar refractivity (Wildman–Crippen MR) is 67.7 cm³/mol. The van der Waals surface area contributed by atoms with Gasteiger partial charge in [0.15, 0.2) is 11.2 Å². The Morgan fingerprint density at radius 2 is 2.00 bits per heavy atom. The molecule has 0 saturated carbocycles. The van der Waals surface area contributed by atoms with Crippen LogP contribution in [0.4, 0.5) is 0 Å². The molecular formula is C11H12N4O5. The summed E-state index contributed by atoms with van der Waals surface area (Å²) >= 11 is 0. The normalized spacial score (nSPS) is 10.6. The van der Waals surface area contributed by atoms with E-state index in [0.29, 0.717) is 0 Å². The molecule has 20 heavy (non-hydrogen) atoms. The smallest absolute Gasteiger partial charge is 0.311 e. The molecule has 2 aromatic rings. The first-order valence-electron chi connectivity index (χ1n) is 5.58. The van der Waals surface area contributed by atoms with Gasteiger partial charge >= 0.3 is 12.0 Å². The lowest BCUT2D eigenvalue weighted by Gasteiger charge is -2.07. The van der Waals surface area contributed by atoms with Crippen LogP contribution in [0.1, 0.15) is 5.69 Å². The van der Waals surface area contributed by atoms with Crippen LogP contribution in [-0.2, 0) is 23.0 Å². The average molecular weight is 280 g/mol. The second kappa shape index (κ2) is 5.11. The number of nitrogens with zero attached hydrogens (tertiary/aromatic N) is 3. The number of carbonyl (C=O) groups excluding carboxylic acids is 1. The Labute approximate surface area is 112 Å². The fourth-order valence-electron chi connectivity index (χ4n) is 1.64. The summed E-state index contributed by atoms with van der Waals surface area (Å²) in [5.74, 6) is -0.624. The minimum absolute atomic E-state index is 0.00330. The van der Waals surface area contributed by atoms with Gasteiger partial charge in [-0.15, -0.1) is 0 Å². The van der Waals surface area contributed by atoms with E-state index in [4.69, 9.17) is 4.74 Å². The quantitative estimate of drug-likeness (QED) is 0.697. The van der Waals surface area contributed by atoms with E-state index in [2.05, 4.69) is 19.7 Å². The van der Waals surface area contributed by atoms with Gasteiger partial charge in [-0.2, -0.15) is 4.98 Å². The molecule has 1 N–H and O–H groups in total. The molecule has 0 aliphatic rings. The molecule has 9 nitrogen and oxygen atoms in total. The zero-order chi connectivity index (χ0) is 14.9. The zero-order valence-corrected chi connectivity index (χ0v) is 11.1. The van der Waals surface area contributed by atoms with Gasteiger partial charge < -0.3 is 14.5 Å². The molecule has 0 aliphatic carbocycles. The first kappa shape index (κ1) is 13.7. The number of ether oxygens (including phenoxy) is 2. The zero-order valence-electron chi connectivity index (χ0n) is 11.1. The number of hydrogen-bond acceptors (Lipinski definition) is 7. The molecule has 2 aromatic heterocycles. The van der Waals surface area contributed by atoms with Crippen LogP contribution in [0.3, 0.4) is 0 Å². The third-order valence-corrected chi connectivity index (χ3v) is 2.69. The molecule has 0 radical (unpaired) electrons. The topological polar surface area (TPSA) is 116 Å². The number of aromatic amines is 1. The number of rotatable bonds is 3. The van der Waals surface area contributed by atoms with Crippen LogP contribution < -0.4 is 15.9 Å². The second-order valence-electron chi connectivity index (χ2n) is 3.93. The summed E-state index contributed by atoms with van der Waals surface area (Å²) in [5, 5.41) is 0. The van der Waals surface area contributed by atoms with Crippen molar-refractivity contribution < 1.29 is 14.3 Å². The Balaban J connectivity index is 2.70. The Kier molecular flexibility index (Phi) is 3.51. The SMILES string of the molecule is COC(=O)Cc1nc2c(=O)n(C)c(OC)nc2[nH]c1=O. The fraction of sp³-hybridized carbons (Fsp3) is 0.364. The maximum Gasteiger partial charge on any atom is 0.311 e. The van der Waals surface area contributed by atoms with Crippen LogP contribution in [0.15, 0.2) is 9.59 Å². The summed E-state index contributed by atoms with van der Waals surface area (Å²) in [6.07, 6.45) is -0.322. The number of methoxy groups -OCH3 is 2. The van der Waals surface area contributed by atoms with Crippen molar-refractivity contribution >= 4 is 17.1 Å². The maximum absolute atomic E-state index is 12.1. The van der Waals surface area contributed by atoms with Gasteiger partial charge in [0.1, 0.15) is 5.69 Å². The summed E-state index contributed by atoms with van der Waals surface area (Å²) in [6.45, 7) is 0. The van der Waals surface area contributed by atoms with E-state index >= 15 is 0 Å². The highest BCUT2D eigenvalue weighted by Gasteiger charge is 2.15. The average Bonchev–Trinajstić information content (AvgIpc) is 2.44. The highest BCUT2D eigenvalue weighted by molar-refractivity contribution is 5.73. The molecular weight excluding hydrogens is 268 g/mol. The second-order valence-corrected chi connectivity index (χ2v) is 3.93. The van der Waals surface area contributed by atoms with E-state index in [9.17, 15) is 14.4 Å². The molecule has 0 atom stereocenters. The molecule has 0 fully saturated rings. The molecule has 0 saturated heterocycles. The van der Waals surface area contributed by atoms with Gasteiger partial charge in [-0.3, -0.25) is 19.0 Å². The first-order chi connectivity index (χ1) is 9.47. The van der Waals surface area contributed by atoms with E-state index in [1.807, 2.05) is 0 Å². The van der Waals surface area contributed by atoms with E-state index in [-0.39, 0.29) is 29.3 Å². The molecule has 0 aliphatic heterocycles. The highest BCUT2D eigenvalue weighted by atomic mass is 16.5. The maximum atomic E-state index is 12.1. The third kappa shape index (κ3) is 2.25. The molecule has 9 heteroatoms. The Morgan fingerprint density at radius 1 is 1.30 bits per heavy atom. The molecule has 0 unspecified atom stereocenters. The Bertz CT molecular complexity index is 792. The molecule has 106 valence electrons. The molecule has 2 rings (SSSR count). The Hall–Kier alpha value is -2.71. The van der Waals surface area contributed by atoms with Gasteiger partial charge in [0.05, 0.1) is 20.6 Å². The minimum atomic E-state index is -0.624. The summed E-state index contributed by atoms with van der Waals surface area (Å²) in [6, 6.07) is 0.0423. The van der Waals surface area contributed by atoms with Crippen molar-refractivity contribution in [2.75, 3.05) is 14.2 Å². The van der Waals surface area contributed by atoms with Gasteiger partial charge in [-0.25, -0.2) is 4.98 Å². The van der Waals surface area contributed by atoms with Gasteiger partial charge in [-0.05, 0) is 0 Å². The van der Waals surface area contributed by atoms with Crippen molar-refractivity contribution in [3.8, 4) is 6.01 Å². The van der Waals surface area contributed by atoms with Crippen LogP contribution >= 0.6 is 0 Å². The molecule has 0 aromatic carbocycles. The van der Waals surface area contributed by atoms with E-state index < -0.39 is 17.1 Å². The van der Waals surface area contributed by atoms with E-state index in [1.54, 1.807) is 0 Å². The number of esters is 1. The van der Waals surface area contributed by atoms with Crippen LogP contribution in [0.2, 0.25) is 0 Å². The molecule has 0 spiro atoms. The van der Waals surface area contributed by atoms with Gasteiger partial charge in [0, 0.05) is 7.05 Å². The Morgan fingerprint density at radius 3 is 2.60 bits per heavy atom. The van der Waals surface area contributed by atoms with Crippen molar-refractivity contribution in [1.29, 1.82) is 0 Å². The highest BCUT2D eigenvalue weighted by Crippen LogP contribution is 2.06. The lowest BCUT2D eigenvalue weighted by Crippen LogP contribution is -2.26. The number of carbonyl (C=O) groups is 1. The number of aromatic nitrogens is 4. The van der Waals surface area contributed by atoms with Crippen LogP contribution in [0, 0.1) is 0 Å². The molecule has 0 bridgehead atoms. The van der Waals surface area contributed by atoms with E-state index in [0.717, 1.165) is 4.57 Å². The minimum Gasteiger partial charge on any atom is -0.469 e. The lowest BCUT2D eigenvalue weighted by molar-refractivity contribution is -0.139. The number of fused-ring (bicyclic) bond motifs is 1. The number of hydrogen-bond donors (Lipinski definition) is 1.